The van der Waals surface area contributed by atoms with Gasteiger partial charge in [-0.15, -0.1) is 0 Å². The zero-order valence-corrected chi connectivity index (χ0v) is 18.2. The Morgan fingerprint density at radius 3 is 2.48 bits per heavy atom. The third kappa shape index (κ3) is 5.33. The first-order chi connectivity index (χ1) is 15.7. The molecule has 0 spiro atoms. The normalized spacial score (nSPS) is 11.2. The summed E-state index contributed by atoms with van der Waals surface area (Å²) in [7, 11) is 3.04. The van der Waals surface area contributed by atoms with E-state index >= 15 is 0 Å². The van der Waals surface area contributed by atoms with Crippen LogP contribution in [0.25, 0.3) is 5.69 Å². The molecule has 0 fully saturated rings. The van der Waals surface area contributed by atoms with Crippen molar-refractivity contribution in [2.24, 2.45) is 0 Å². The fourth-order valence-corrected chi connectivity index (χ4v) is 3.30. The minimum atomic E-state index is -4.63. The van der Waals surface area contributed by atoms with Crippen molar-refractivity contribution in [3.63, 3.8) is 0 Å². The van der Waals surface area contributed by atoms with Crippen molar-refractivity contribution in [1.82, 2.24) is 15.1 Å². The van der Waals surface area contributed by atoms with E-state index in [1.807, 2.05) is 0 Å². The zero-order valence-electron chi connectivity index (χ0n) is 18.2. The fourth-order valence-electron chi connectivity index (χ4n) is 3.30. The summed E-state index contributed by atoms with van der Waals surface area (Å²) in [5.41, 5.74) is -1.43. The number of nitrogens with zero attached hydrogens (tertiary/aromatic N) is 2. The van der Waals surface area contributed by atoms with Gasteiger partial charge in [0.15, 0.2) is 5.69 Å². The fraction of sp³-hybridized carbons (Fsp3) is 0.261. The van der Waals surface area contributed by atoms with Gasteiger partial charge in [-0.1, -0.05) is 18.2 Å². The highest BCUT2D eigenvalue weighted by molar-refractivity contribution is 5.92. The Balaban J connectivity index is 1.84. The summed E-state index contributed by atoms with van der Waals surface area (Å²) in [5.74, 6) is 0.400. The van der Waals surface area contributed by atoms with Crippen LogP contribution >= 0.6 is 0 Å². The lowest BCUT2D eigenvalue weighted by atomic mass is 10.1. The molecule has 0 atom stereocenters. The molecule has 1 aromatic heterocycles. The molecule has 0 radical (unpaired) electrons. The quantitative estimate of drug-likeness (QED) is 0.582. The first kappa shape index (κ1) is 23.8. The molecule has 0 bridgehead atoms. The Labute approximate surface area is 187 Å². The largest absolute Gasteiger partial charge is 0.497 e. The predicted molar refractivity (Wildman–Crippen MR) is 115 cm³/mol. The molecule has 174 valence electrons. The molecule has 7 nitrogen and oxygen atoms in total. The summed E-state index contributed by atoms with van der Waals surface area (Å²) >= 11 is 0. The Morgan fingerprint density at radius 2 is 1.82 bits per heavy atom. The summed E-state index contributed by atoms with van der Waals surface area (Å²) in [5, 5.41) is 6.54. The van der Waals surface area contributed by atoms with E-state index in [1.54, 1.807) is 18.2 Å². The molecule has 1 N–H and O–H groups in total. The second-order valence-corrected chi connectivity index (χ2v) is 7.11. The first-order valence-electron chi connectivity index (χ1n) is 9.92. The van der Waals surface area contributed by atoms with Crippen LogP contribution in [0.4, 0.5) is 13.2 Å². The third-order valence-corrected chi connectivity index (χ3v) is 4.93. The molecule has 0 aliphatic rings. The molecule has 3 rings (SSSR count). The lowest BCUT2D eigenvalue weighted by Crippen LogP contribution is -2.33. The average Bonchev–Trinajstić information content (AvgIpc) is 2.78. The number of carbonyl (C=O) groups is 1. The molecule has 10 heteroatoms. The number of amides is 1. The number of benzene rings is 2. The highest BCUT2D eigenvalue weighted by atomic mass is 19.4. The summed E-state index contributed by atoms with van der Waals surface area (Å²) in [6.07, 6.45) is -4.25. The molecule has 33 heavy (non-hydrogen) atoms. The second-order valence-electron chi connectivity index (χ2n) is 7.11. The standard InChI is InChI=1S/C23H22F3N3O4/c1-14-12-19(30)21(28-29(14)18-7-5-4-6-17(18)23(24,25)26)22(31)27-11-10-15-8-9-16(32-2)13-20(15)33-3/h4-9,12-13H,10-11H2,1-3H3,(H,27,31). The van der Waals surface area contributed by atoms with E-state index in [2.05, 4.69) is 10.4 Å². The van der Waals surface area contributed by atoms with Gasteiger partial charge in [-0.2, -0.15) is 18.3 Å². The Bertz CT molecular complexity index is 1220. The molecule has 0 unspecified atom stereocenters. The molecule has 1 amide bonds. The van der Waals surface area contributed by atoms with Crippen LogP contribution in [0, 0.1) is 6.92 Å². The van der Waals surface area contributed by atoms with Gasteiger partial charge < -0.3 is 14.8 Å². The number of hydrogen-bond donors (Lipinski definition) is 1. The molecule has 0 saturated heterocycles. The summed E-state index contributed by atoms with van der Waals surface area (Å²) in [6, 6.07) is 11.1. The van der Waals surface area contributed by atoms with E-state index in [-0.39, 0.29) is 17.9 Å². The first-order valence-corrected chi connectivity index (χ1v) is 9.92. The number of nitrogens with one attached hydrogen (secondary N) is 1. The number of halogens is 3. The molecular weight excluding hydrogens is 439 g/mol. The second kappa shape index (κ2) is 9.76. The van der Waals surface area contributed by atoms with E-state index in [0.717, 1.165) is 22.4 Å². The lowest BCUT2D eigenvalue weighted by Gasteiger charge is -2.16. The topological polar surface area (TPSA) is 82.5 Å². The van der Waals surface area contributed by atoms with Gasteiger partial charge in [0, 0.05) is 24.4 Å². The maximum Gasteiger partial charge on any atom is 0.418 e. The van der Waals surface area contributed by atoms with Gasteiger partial charge in [-0.25, -0.2) is 4.68 Å². The third-order valence-electron chi connectivity index (χ3n) is 4.93. The molecule has 1 heterocycles. The van der Waals surface area contributed by atoms with Crippen molar-refractivity contribution in [2.75, 3.05) is 20.8 Å². The number of para-hydroxylation sites is 1. The SMILES string of the molecule is COc1ccc(CCNC(=O)c2nn(-c3ccccc3C(F)(F)F)c(C)cc2=O)c(OC)c1. The van der Waals surface area contributed by atoms with Crippen LogP contribution in [0.2, 0.25) is 0 Å². The van der Waals surface area contributed by atoms with E-state index in [4.69, 9.17) is 9.47 Å². The molecule has 0 aliphatic carbocycles. The number of aromatic nitrogens is 2. The van der Waals surface area contributed by atoms with Gasteiger partial charge in [-0.05, 0) is 37.1 Å². The van der Waals surface area contributed by atoms with E-state index < -0.39 is 28.8 Å². The Kier molecular flexibility index (Phi) is 7.05. The number of methoxy groups -OCH3 is 2. The van der Waals surface area contributed by atoms with Gasteiger partial charge in [0.2, 0.25) is 5.43 Å². The molecule has 0 aliphatic heterocycles. The minimum absolute atomic E-state index is 0.148. The predicted octanol–water partition coefficient (Wildman–Crippen LogP) is 3.55. The van der Waals surface area contributed by atoms with Crippen molar-refractivity contribution >= 4 is 5.91 Å². The maximum absolute atomic E-state index is 13.4. The number of ether oxygens (including phenoxy) is 2. The van der Waals surface area contributed by atoms with Gasteiger partial charge >= 0.3 is 6.18 Å². The van der Waals surface area contributed by atoms with Crippen LogP contribution < -0.4 is 20.2 Å². The van der Waals surface area contributed by atoms with Crippen LogP contribution in [0.5, 0.6) is 11.5 Å². The Hall–Kier alpha value is -3.82. The summed E-state index contributed by atoms with van der Waals surface area (Å²) < 4.78 is 51.7. The van der Waals surface area contributed by atoms with Crippen molar-refractivity contribution in [1.29, 1.82) is 0 Å². The average molecular weight is 461 g/mol. The van der Waals surface area contributed by atoms with E-state index in [9.17, 15) is 22.8 Å². The number of hydrogen-bond acceptors (Lipinski definition) is 5. The molecule has 3 aromatic rings. The molecule has 0 saturated carbocycles. The number of carbonyl (C=O) groups excluding carboxylic acids is 1. The highest BCUT2D eigenvalue weighted by Gasteiger charge is 2.34. The number of rotatable bonds is 7. The van der Waals surface area contributed by atoms with Crippen molar-refractivity contribution < 1.29 is 27.4 Å². The van der Waals surface area contributed by atoms with Gasteiger partial charge in [-0.3, -0.25) is 9.59 Å². The maximum atomic E-state index is 13.4. The van der Waals surface area contributed by atoms with Crippen LogP contribution in [0.1, 0.15) is 27.3 Å². The van der Waals surface area contributed by atoms with Crippen LogP contribution in [-0.2, 0) is 12.6 Å². The van der Waals surface area contributed by atoms with Crippen LogP contribution in [0.15, 0.2) is 53.3 Å². The van der Waals surface area contributed by atoms with Gasteiger partial charge in [0.25, 0.3) is 5.91 Å². The van der Waals surface area contributed by atoms with Crippen molar-refractivity contribution in [3.05, 3.63) is 81.3 Å². The van der Waals surface area contributed by atoms with Crippen LogP contribution in [-0.4, -0.2) is 36.5 Å². The smallest absolute Gasteiger partial charge is 0.418 e. The highest BCUT2D eigenvalue weighted by Crippen LogP contribution is 2.33. The molecule has 2 aromatic carbocycles. The van der Waals surface area contributed by atoms with E-state index in [0.29, 0.717) is 17.9 Å². The lowest BCUT2D eigenvalue weighted by molar-refractivity contribution is -0.137. The minimum Gasteiger partial charge on any atom is -0.497 e. The summed E-state index contributed by atoms with van der Waals surface area (Å²) in [6.45, 7) is 1.59. The number of alkyl halides is 3. The Morgan fingerprint density at radius 1 is 1.09 bits per heavy atom. The molecular formula is C23H22F3N3O4. The van der Waals surface area contributed by atoms with Gasteiger partial charge in [0.1, 0.15) is 11.5 Å². The summed E-state index contributed by atoms with van der Waals surface area (Å²) in [4.78, 5) is 25.0. The van der Waals surface area contributed by atoms with E-state index in [1.165, 1.54) is 39.3 Å². The number of aryl methyl sites for hydroxylation is 1. The monoisotopic (exact) mass is 461 g/mol. The zero-order chi connectivity index (χ0) is 24.2. The van der Waals surface area contributed by atoms with Crippen LogP contribution in [0.3, 0.4) is 0 Å². The van der Waals surface area contributed by atoms with Crippen molar-refractivity contribution in [3.8, 4) is 17.2 Å². The van der Waals surface area contributed by atoms with Gasteiger partial charge in [0.05, 0.1) is 25.5 Å². The van der Waals surface area contributed by atoms with Crippen molar-refractivity contribution in [2.45, 2.75) is 19.5 Å².